The summed E-state index contributed by atoms with van der Waals surface area (Å²) in [6, 6.07) is 14.1. The SMILES string of the molecule is CC(N)(C(=O)Nc1ccc(C(=O)N2CCCCC2)c(Cl)c1)c1ccccc1. The lowest BCUT2D eigenvalue weighted by atomic mass is 9.92. The quantitative estimate of drug-likeness (QED) is 0.840. The van der Waals surface area contributed by atoms with E-state index in [1.54, 1.807) is 25.1 Å². The highest BCUT2D eigenvalue weighted by Crippen LogP contribution is 2.25. The van der Waals surface area contributed by atoms with Crippen molar-refractivity contribution in [3.05, 3.63) is 64.7 Å². The van der Waals surface area contributed by atoms with Crippen molar-refractivity contribution in [3.8, 4) is 0 Å². The van der Waals surface area contributed by atoms with E-state index in [2.05, 4.69) is 5.32 Å². The summed E-state index contributed by atoms with van der Waals surface area (Å²) in [5, 5.41) is 3.12. The summed E-state index contributed by atoms with van der Waals surface area (Å²) in [6.45, 7) is 3.18. The molecule has 0 aromatic heterocycles. The average Bonchev–Trinajstić information content (AvgIpc) is 2.69. The smallest absolute Gasteiger partial charge is 0.255 e. The van der Waals surface area contributed by atoms with Gasteiger partial charge in [0.15, 0.2) is 0 Å². The highest BCUT2D eigenvalue weighted by molar-refractivity contribution is 6.34. The van der Waals surface area contributed by atoms with Crippen molar-refractivity contribution in [2.75, 3.05) is 18.4 Å². The standard InChI is InChI=1S/C21H24ClN3O2/c1-21(23,15-8-4-2-5-9-15)20(27)24-16-10-11-17(18(22)14-16)19(26)25-12-6-3-7-13-25/h2,4-5,8-11,14H,3,6-7,12-13,23H2,1H3,(H,24,27). The number of nitrogens with zero attached hydrogens (tertiary/aromatic N) is 1. The number of nitrogens with two attached hydrogens (primary N) is 1. The van der Waals surface area contributed by atoms with Crippen molar-refractivity contribution >= 4 is 29.1 Å². The molecule has 1 aliphatic heterocycles. The third kappa shape index (κ3) is 4.31. The van der Waals surface area contributed by atoms with Gasteiger partial charge >= 0.3 is 0 Å². The molecule has 0 spiro atoms. The molecule has 6 heteroatoms. The topological polar surface area (TPSA) is 75.4 Å². The number of amides is 2. The highest BCUT2D eigenvalue weighted by Gasteiger charge is 2.30. The Bertz CT molecular complexity index is 831. The van der Waals surface area contributed by atoms with E-state index in [0.29, 0.717) is 21.8 Å². The Morgan fingerprint density at radius 1 is 1.07 bits per heavy atom. The normalized spacial score (nSPS) is 16.5. The minimum Gasteiger partial charge on any atom is -0.339 e. The molecule has 5 nitrogen and oxygen atoms in total. The van der Waals surface area contributed by atoms with Gasteiger partial charge in [-0.1, -0.05) is 41.9 Å². The van der Waals surface area contributed by atoms with E-state index in [0.717, 1.165) is 32.4 Å². The van der Waals surface area contributed by atoms with Crippen molar-refractivity contribution in [1.82, 2.24) is 4.90 Å². The number of benzene rings is 2. The number of halogens is 1. The van der Waals surface area contributed by atoms with Gasteiger partial charge in [0.1, 0.15) is 5.54 Å². The van der Waals surface area contributed by atoms with Crippen molar-refractivity contribution in [2.45, 2.75) is 31.7 Å². The number of carbonyl (C=O) groups excluding carboxylic acids is 2. The molecule has 1 fully saturated rings. The number of anilines is 1. The second-order valence-electron chi connectivity index (χ2n) is 7.07. The highest BCUT2D eigenvalue weighted by atomic mass is 35.5. The molecular weight excluding hydrogens is 362 g/mol. The van der Waals surface area contributed by atoms with E-state index in [1.807, 2.05) is 35.2 Å². The van der Waals surface area contributed by atoms with Gasteiger partial charge in [-0.3, -0.25) is 9.59 Å². The van der Waals surface area contributed by atoms with Crippen LogP contribution in [0, 0.1) is 0 Å². The summed E-state index contributed by atoms with van der Waals surface area (Å²) in [5.74, 6) is -0.412. The molecule has 0 saturated carbocycles. The van der Waals surface area contributed by atoms with Crippen molar-refractivity contribution in [1.29, 1.82) is 0 Å². The molecular formula is C21H24ClN3O2. The number of rotatable bonds is 4. The third-order valence-electron chi connectivity index (χ3n) is 4.95. The first kappa shape index (κ1) is 19.4. The number of hydrogen-bond donors (Lipinski definition) is 2. The van der Waals surface area contributed by atoms with Gasteiger partial charge in [-0.2, -0.15) is 0 Å². The minimum absolute atomic E-state index is 0.0643. The van der Waals surface area contributed by atoms with E-state index in [-0.39, 0.29) is 11.8 Å². The molecule has 142 valence electrons. The molecule has 3 rings (SSSR count). The van der Waals surface area contributed by atoms with Gasteiger partial charge in [-0.25, -0.2) is 0 Å². The van der Waals surface area contributed by atoms with Gasteiger partial charge in [0.25, 0.3) is 5.91 Å². The van der Waals surface area contributed by atoms with E-state index < -0.39 is 5.54 Å². The van der Waals surface area contributed by atoms with Gasteiger partial charge in [0.2, 0.25) is 5.91 Å². The molecule has 2 aromatic carbocycles. The number of piperidine rings is 1. The number of likely N-dealkylation sites (tertiary alicyclic amines) is 1. The monoisotopic (exact) mass is 385 g/mol. The zero-order valence-electron chi connectivity index (χ0n) is 15.4. The Hall–Kier alpha value is -2.37. The van der Waals surface area contributed by atoms with Crippen molar-refractivity contribution in [3.63, 3.8) is 0 Å². The van der Waals surface area contributed by atoms with Crippen molar-refractivity contribution < 1.29 is 9.59 Å². The fourth-order valence-electron chi connectivity index (χ4n) is 3.21. The second kappa shape index (κ2) is 8.11. The first-order valence-electron chi connectivity index (χ1n) is 9.14. The van der Waals surface area contributed by atoms with Crippen LogP contribution in [0.1, 0.15) is 42.1 Å². The van der Waals surface area contributed by atoms with E-state index >= 15 is 0 Å². The fourth-order valence-corrected chi connectivity index (χ4v) is 3.47. The predicted octanol–water partition coefficient (Wildman–Crippen LogP) is 3.78. The minimum atomic E-state index is -1.18. The summed E-state index contributed by atoms with van der Waals surface area (Å²) >= 11 is 6.33. The van der Waals surface area contributed by atoms with Crippen LogP contribution in [0.2, 0.25) is 5.02 Å². The molecule has 2 amide bonds. The van der Waals surface area contributed by atoms with E-state index in [4.69, 9.17) is 17.3 Å². The maximum Gasteiger partial charge on any atom is 0.255 e. The molecule has 0 aliphatic carbocycles. The van der Waals surface area contributed by atoms with Crippen LogP contribution in [0.15, 0.2) is 48.5 Å². The molecule has 0 bridgehead atoms. The maximum absolute atomic E-state index is 12.7. The number of nitrogens with one attached hydrogen (secondary N) is 1. The van der Waals surface area contributed by atoms with Crippen LogP contribution in [-0.4, -0.2) is 29.8 Å². The molecule has 2 aromatic rings. The van der Waals surface area contributed by atoms with Gasteiger partial charge < -0.3 is 16.0 Å². The van der Waals surface area contributed by atoms with Gasteiger partial charge in [-0.15, -0.1) is 0 Å². The molecule has 27 heavy (non-hydrogen) atoms. The lowest BCUT2D eigenvalue weighted by Gasteiger charge is -2.27. The average molecular weight is 386 g/mol. The van der Waals surface area contributed by atoms with Crippen molar-refractivity contribution in [2.24, 2.45) is 5.73 Å². The third-order valence-corrected chi connectivity index (χ3v) is 5.26. The molecule has 3 N–H and O–H groups in total. The van der Waals surface area contributed by atoms with Gasteiger partial charge in [0, 0.05) is 18.8 Å². The molecule has 1 aliphatic rings. The van der Waals surface area contributed by atoms with Crippen LogP contribution in [0.3, 0.4) is 0 Å². The lowest BCUT2D eigenvalue weighted by Crippen LogP contribution is -2.45. The van der Waals surface area contributed by atoms with Crippen LogP contribution in [-0.2, 0) is 10.3 Å². The second-order valence-corrected chi connectivity index (χ2v) is 7.48. The van der Waals surface area contributed by atoms with E-state index in [1.165, 1.54) is 0 Å². The summed E-state index contributed by atoms with van der Waals surface area (Å²) in [4.78, 5) is 27.1. The van der Waals surface area contributed by atoms with Gasteiger partial charge in [-0.05, 0) is 49.9 Å². The molecule has 1 saturated heterocycles. The van der Waals surface area contributed by atoms with Crippen LogP contribution in [0.5, 0.6) is 0 Å². The summed E-state index contributed by atoms with van der Waals surface area (Å²) < 4.78 is 0. The summed E-state index contributed by atoms with van der Waals surface area (Å²) in [6.07, 6.45) is 3.19. The molecule has 1 heterocycles. The zero-order chi connectivity index (χ0) is 19.4. The largest absolute Gasteiger partial charge is 0.339 e. The first-order valence-corrected chi connectivity index (χ1v) is 9.52. The maximum atomic E-state index is 12.7. The zero-order valence-corrected chi connectivity index (χ0v) is 16.1. The van der Waals surface area contributed by atoms with E-state index in [9.17, 15) is 9.59 Å². The number of carbonyl (C=O) groups is 2. The Morgan fingerprint density at radius 3 is 2.37 bits per heavy atom. The van der Waals surface area contributed by atoms with Crippen LogP contribution in [0.4, 0.5) is 5.69 Å². The fraction of sp³-hybridized carbons (Fsp3) is 0.333. The summed E-state index contributed by atoms with van der Waals surface area (Å²) in [7, 11) is 0. The molecule has 1 unspecified atom stereocenters. The Kier molecular flexibility index (Phi) is 5.82. The Balaban J connectivity index is 1.74. The summed E-state index contributed by atoms with van der Waals surface area (Å²) in [5.41, 5.74) is 6.73. The first-order chi connectivity index (χ1) is 12.9. The Labute approximate surface area is 164 Å². The van der Waals surface area contributed by atoms with Crippen LogP contribution < -0.4 is 11.1 Å². The number of hydrogen-bond acceptors (Lipinski definition) is 3. The van der Waals surface area contributed by atoms with Gasteiger partial charge in [0.05, 0.1) is 10.6 Å². The molecule has 0 radical (unpaired) electrons. The Morgan fingerprint density at radius 2 is 1.74 bits per heavy atom. The lowest BCUT2D eigenvalue weighted by molar-refractivity contribution is -0.120. The van der Waals surface area contributed by atoms with Crippen LogP contribution >= 0.6 is 11.6 Å². The van der Waals surface area contributed by atoms with Crippen LogP contribution in [0.25, 0.3) is 0 Å². The predicted molar refractivity (Wildman–Crippen MR) is 108 cm³/mol. The molecule has 1 atom stereocenters.